The smallest absolute Gasteiger partial charge is 0.0540 e. The third-order valence-electron chi connectivity index (χ3n) is 1.73. The number of hydrogen-bond acceptors (Lipinski definition) is 1. The van der Waals surface area contributed by atoms with Crippen LogP contribution in [0.1, 0.15) is 45.4 Å². The fourth-order valence-electron chi connectivity index (χ4n) is 1.08. The second-order valence-electron chi connectivity index (χ2n) is 2.89. The second kappa shape index (κ2) is 7.63. The summed E-state index contributed by atoms with van der Waals surface area (Å²) in [5.74, 6) is 2.59. The van der Waals surface area contributed by atoms with Crippen molar-refractivity contribution in [3.8, 4) is 12.3 Å². The zero-order chi connectivity index (χ0) is 8.53. The van der Waals surface area contributed by atoms with Crippen LogP contribution >= 0.6 is 0 Å². The van der Waals surface area contributed by atoms with E-state index in [4.69, 9.17) is 6.42 Å². The van der Waals surface area contributed by atoms with Gasteiger partial charge < -0.3 is 5.11 Å². The van der Waals surface area contributed by atoms with Gasteiger partial charge in [-0.25, -0.2) is 0 Å². The van der Waals surface area contributed by atoms with E-state index >= 15 is 0 Å². The highest BCUT2D eigenvalue weighted by Gasteiger charge is 2.00. The summed E-state index contributed by atoms with van der Waals surface area (Å²) in [6.07, 6.45) is 10.9. The van der Waals surface area contributed by atoms with Crippen LogP contribution in [0.3, 0.4) is 0 Å². The number of unbranched alkanes of at least 4 members (excludes halogenated alkanes) is 2. The average molecular weight is 154 g/mol. The van der Waals surface area contributed by atoms with Crippen LogP contribution in [0.5, 0.6) is 0 Å². The van der Waals surface area contributed by atoms with E-state index in [0.717, 1.165) is 38.5 Å². The van der Waals surface area contributed by atoms with E-state index in [0.29, 0.717) is 0 Å². The maximum absolute atomic E-state index is 9.30. The Morgan fingerprint density at radius 1 is 1.36 bits per heavy atom. The minimum atomic E-state index is -0.0993. The Balaban J connectivity index is 3.05. The van der Waals surface area contributed by atoms with E-state index < -0.39 is 0 Å². The Morgan fingerprint density at radius 2 is 2.09 bits per heavy atom. The van der Waals surface area contributed by atoms with Gasteiger partial charge in [0.1, 0.15) is 0 Å². The number of terminal acetylenes is 1. The minimum Gasteiger partial charge on any atom is -0.393 e. The van der Waals surface area contributed by atoms with Crippen LogP contribution in [-0.4, -0.2) is 11.2 Å². The first-order valence-electron chi connectivity index (χ1n) is 4.42. The number of aliphatic hydroxyl groups is 1. The molecule has 0 aromatic carbocycles. The van der Waals surface area contributed by atoms with Crippen molar-refractivity contribution in [1.29, 1.82) is 0 Å². The van der Waals surface area contributed by atoms with Crippen LogP contribution in [0.2, 0.25) is 0 Å². The van der Waals surface area contributed by atoms with Gasteiger partial charge in [-0.05, 0) is 25.7 Å². The van der Waals surface area contributed by atoms with Crippen molar-refractivity contribution in [2.75, 3.05) is 0 Å². The maximum Gasteiger partial charge on any atom is 0.0540 e. The Hall–Kier alpha value is -0.480. The van der Waals surface area contributed by atoms with E-state index in [1.165, 1.54) is 0 Å². The number of aliphatic hydroxyl groups excluding tert-OH is 1. The zero-order valence-corrected chi connectivity index (χ0v) is 7.34. The van der Waals surface area contributed by atoms with Gasteiger partial charge in [-0.2, -0.15) is 0 Å². The third kappa shape index (κ3) is 7.42. The van der Waals surface area contributed by atoms with Crippen LogP contribution in [0.25, 0.3) is 0 Å². The fourth-order valence-corrected chi connectivity index (χ4v) is 1.08. The van der Waals surface area contributed by atoms with E-state index in [2.05, 4.69) is 12.8 Å². The molecular formula is C10H18O. The predicted octanol–water partition coefficient (Wildman–Crippen LogP) is 2.34. The molecule has 0 aromatic heterocycles. The van der Waals surface area contributed by atoms with E-state index in [1.54, 1.807) is 0 Å². The van der Waals surface area contributed by atoms with Gasteiger partial charge in [0.05, 0.1) is 6.10 Å². The van der Waals surface area contributed by atoms with Crippen molar-refractivity contribution < 1.29 is 5.11 Å². The Bertz CT molecular complexity index is 113. The molecule has 1 atom stereocenters. The number of hydrogen-bond donors (Lipinski definition) is 1. The molecule has 0 saturated heterocycles. The molecule has 0 aromatic rings. The topological polar surface area (TPSA) is 20.2 Å². The van der Waals surface area contributed by atoms with Crippen molar-refractivity contribution >= 4 is 0 Å². The lowest BCUT2D eigenvalue weighted by atomic mass is 10.1. The third-order valence-corrected chi connectivity index (χ3v) is 1.73. The molecular weight excluding hydrogens is 136 g/mol. The monoisotopic (exact) mass is 154 g/mol. The predicted molar refractivity (Wildman–Crippen MR) is 48.2 cm³/mol. The molecule has 0 aliphatic carbocycles. The molecule has 64 valence electrons. The van der Waals surface area contributed by atoms with E-state index in [1.807, 2.05) is 0 Å². The van der Waals surface area contributed by atoms with Crippen molar-refractivity contribution in [3.05, 3.63) is 0 Å². The standard InChI is InChI=1S/C10H18O/c1-3-5-6-7-9-10(11)8-4-2/h1,10-11H,4-9H2,2H3. The minimum absolute atomic E-state index is 0.0993. The molecule has 0 rings (SSSR count). The highest BCUT2D eigenvalue weighted by Crippen LogP contribution is 2.07. The first-order chi connectivity index (χ1) is 5.31. The quantitative estimate of drug-likeness (QED) is 0.460. The molecule has 0 fully saturated rings. The van der Waals surface area contributed by atoms with Crippen LogP contribution in [-0.2, 0) is 0 Å². The normalized spacial score (nSPS) is 12.5. The molecule has 0 saturated carbocycles. The summed E-state index contributed by atoms with van der Waals surface area (Å²) in [7, 11) is 0. The van der Waals surface area contributed by atoms with Gasteiger partial charge in [-0.3, -0.25) is 0 Å². The summed E-state index contributed by atoms with van der Waals surface area (Å²) in [6, 6.07) is 0. The summed E-state index contributed by atoms with van der Waals surface area (Å²) in [6.45, 7) is 2.09. The summed E-state index contributed by atoms with van der Waals surface area (Å²) in [5.41, 5.74) is 0. The highest BCUT2D eigenvalue weighted by molar-refractivity contribution is 4.82. The highest BCUT2D eigenvalue weighted by atomic mass is 16.3. The van der Waals surface area contributed by atoms with Gasteiger partial charge in [-0.15, -0.1) is 12.3 Å². The van der Waals surface area contributed by atoms with Crippen LogP contribution in [0, 0.1) is 12.3 Å². The molecule has 0 heterocycles. The van der Waals surface area contributed by atoms with Gasteiger partial charge in [0.15, 0.2) is 0 Å². The molecule has 0 amide bonds. The molecule has 0 aliphatic heterocycles. The lowest BCUT2D eigenvalue weighted by Gasteiger charge is -2.06. The molecule has 1 unspecified atom stereocenters. The maximum atomic E-state index is 9.30. The lowest BCUT2D eigenvalue weighted by molar-refractivity contribution is 0.150. The Kier molecular flexibility index (Phi) is 7.29. The van der Waals surface area contributed by atoms with Crippen molar-refractivity contribution in [2.24, 2.45) is 0 Å². The van der Waals surface area contributed by atoms with Crippen molar-refractivity contribution in [3.63, 3.8) is 0 Å². The fraction of sp³-hybridized carbons (Fsp3) is 0.800. The van der Waals surface area contributed by atoms with Gasteiger partial charge in [-0.1, -0.05) is 13.3 Å². The second-order valence-corrected chi connectivity index (χ2v) is 2.89. The molecule has 11 heavy (non-hydrogen) atoms. The molecule has 0 aliphatic rings. The number of rotatable bonds is 6. The van der Waals surface area contributed by atoms with Crippen LogP contribution in [0.15, 0.2) is 0 Å². The van der Waals surface area contributed by atoms with Gasteiger partial charge >= 0.3 is 0 Å². The summed E-state index contributed by atoms with van der Waals surface area (Å²) in [4.78, 5) is 0. The Labute approximate surface area is 69.8 Å². The first kappa shape index (κ1) is 10.5. The molecule has 0 bridgehead atoms. The van der Waals surface area contributed by atoms with E-state index in [9.17, 15) is 5.11 Å². The van der Waals surface area contributed by atoms with E-state index in [-0.39, 0.29) is 6.10 Å². The molecule has 0 spiro atoms. The molecule has 0 radical (unpaired) electrons. The molecule has 1 N–H and O–H groups in total. The first-order valence-corrected chi connectivity index (χ1v) is 4.42. The van der Waals surface area contributed by atoms with Crippen LogP contribution in [0.4, 0.5) is 0 Å². The molecule has 1 heteroatoms. The van der Waals surface area contributed by atoms with Gasteiger partial charge in [0.25, 0.3) is 0 Å². The van der Waals surface area contributed by atoms with Gasteiger partial charge in [0, 0.05) is 6.42 Å². The van der Waals surface area contributed by atoms with Crippen molar-refractivity contribution in [1.82, 2.24) is 0 Å². The average Bonchev–Trinajstić information content (AvgIpc) is 1.99. The Morgan fingerprint density at radius 3 is 2.64 bits per heavy atom. The summed E-state index contributed by atoms with van der Waals surface area (Å²) >= 11 is 0. The van der Waals surface area contributed by atoms with Crippen LogP contribution < -0.4 is 0 Å². The largest absolute Gasteiger partial charge is 0.393 e. The molecule has 1 nitrogen and oxygen atoms in total. The zero-order valence-electron chi connectivity index (χ0n) is 7.34. The van der Waals surface area contributed by atoms with Crippen molar-refractivity contribution in [2.45, 2.75) is 51.6 Å². The SMILES string of the molecule is C#CCCCCC(O)CCC. The summed E-state index contributed by atoms with van der Waals surface area (Å²) in [5, 5.41) is 9.30. The summed E-state index contributed by atoms with van der Waals surface area (Å²) < 4.78 is 0. The van der Waals surface area contributed by atoms with Gasteiger partial charge in [0.2, 0.25) is 0 Å². The lowest BCUT2D eigenvalue weighted by Crippen LogP contribution is -2.04.